The summed E-state index contributed by atoms with van der Waals surface area (Å²) >= 11 is 6.22. The summed E-state index contributed by atoms with van der Waals surface area (Å²) in [5.74, 6) is 1.61. The molecule has 1 aromatic carbocycles. The Kier molecular flexibility index (Phi) is 5.31. The van der Waals surface area contributed by atoms with E-state index in [0.717, 1.165) is 24.3 Å². The number of ether oxygens (including phenoxy) is 2. The average Bonchev–Trinajstić information content (AvgIpc) is 2.64. The first-order chi connectivity index (χ1) is 9.20. The lowest BCUT2D eigenvalue weighted by molar-refractivity contribution is 0.233. The van der Waals surface area contributed by atoms with E-state index in [0.29, 0.717) is 30.5 Å². The van der Waals surface area contributed by atoms with E-state index < -0.39 is 0 Å². The highest BCUT2D eigenvalue weighted by Gasteiger charge is 2.15. The number of aliphatic hydroxyl groups excluding tert-OH is 1. The maximum absolute atomic E-state index is 8.97. The van der Waals surface area contributed by atoms with Crippen LogP contribution in [0.25, 0.3) is 0 Å². The van der Waals surface area contributed by atoms with E-state index in [9.17, 15) is 0 Å². The number of fused-ring (bicyclic) bond motifs is 1. The number of hydrogen-bond acceptors (Lipinski definition) is 4. The quantitative estimate of drug-likeness (QED) is 0.871. The molecule has 0 saturated carbocycles. The van der Waals surface area contributed by atoms with Gasteiger partial charge in [0.05, 0.1) is 18.2 Å². The Morgan fingerprint density at radius 2 is 2.16 bits per heavy atom. The van der Waals surface area contributed by atoms with Crippen molar-refractivity contribution in [2.45, 2.75) is 19.9 Å². The molecule has 2 rings (SSSR count). The number of halogens is 1. The van der Waals surface area contributed by atoms with Gasteiger partial charge in [-0.3, -0.25) is 0 Å². The van der Waals surface area contributed by atoms with Gasteiger partial charge in [-0.15, -0.1) is 0 Å². The lowest BCUT2D eigenvalue weighted by Crippen LogP contribution is -2.22. The summed E-state index contributed by atoms with van der Waals surface area (Å²) in [5.41, 5.74) is 1.05. The predicted octanol–water partition coefficient (Wildman–Crippen LogP) is 2.22. The molecule has 4 nitrogen and oxygen atoms in total. The van der Waals surface area contributed by atoms with Crippen LogP contribution in [0.1, 0.15) is 18.9 Å². The molecule has 0 spiro atoms. The number of hydrogen-bond donors (Lipinski definition) is 2. The van der Waals surface area contributed by atoms with Crippen LogP contribution in [0.15, 0.2) is 12.1 Å². The minimum Gasteiger partial charge on any atom is -0.489 e. The highest BCUT2D eigenvalue weighted by molar-refractivity contribution is 6.32. The Balaban J connectivity index is 2.02. The van der Waals surface area contributed by atoms with Crippen LogP contribution in [0.3, 0.4) is 0 Å². The molecule has 1 aliphatic heterocycles. The summed E-state index contributed by atoms with van der Waals surface area (Å²) in [7, 11) is 0. The molecule has 2 N–H and O–H groups in total. The minimum atomic E-state index is 0.189. The Bertz CT molecular complexity index is 425. The van der Waals surface area contributed by atoms with E-state index in [2.05, 4.69) is 5.32 Å². The molecule has 0 amide bonds. The zero-order chi connectivity index (χ0) is 13.7. The summed E-state index contributed by atoms with van der Waals surface area (Å²) in [6.07, 6.45) is 0.868. The molecule has 1 heterocycles. The fourth-order valence-electron chi connectivity index (χ4n) is 1.91. The molecule has 0 aromatic heterocycles. The van der Waals surface area contributed by atoms with Crippen LogP contribution in [0.4, 0.5) is 0 Å². The van der Waals surface area contributed by atoms with E-state index in [1.54, 1.807) is 0 Å². The van der Waals surface area contributed by atoms with Crippen LogP contribution >= 0.6 is 11.6 Å². The number of nitrogens with one attached hydrogen (secondary N) is 1. The Hall–Kier alpha value is -0.970. The molecule has 0 bridgehead atoms. The van der Waals surface area contributed by atoms with Crippen molar-refractivity contribution in [2.24, 2.45) is 5.92 Å². The van der Waals surface area contributed by atoms with E-state index in [4.69, 9.17) is 26.2 Å². The fourth-order valence-corrected chi connectivity index (χ4v) is 2.20. The smallest absolute Gasteiger partial charge is 0.179 e. The van der Waals surface area contributed by atoms with Gasteiger partial charge in [0, 0.05) is 26.1 Å². The molecule has 106 valence electrons. The normalized spacial score (nSPS) is 15.9. The topological polar surface area (TPSA) is 50.7 Å². The molecular weight excluding hydrogens is 266 g/mol. The summed E-state index contributed by atoms with van der Waals surface area (Å²) in [6, 6.07) is 3.86. The van der Waals surface area contributed by atoms with Gasteiger partial charge in [0.25, 0.3) is 0 Å². The van der Waals surface area contributed by atoms with Crippen LogP contribution < -0.4 is 14.8 Å². The highest BCUT2D eigenvalue weighted by atomic mass is 35.5. The molecule has 1 aromatic rings. The highest BCUT2D eigenvalue weighted by Crippen LogP contribution is 2.37. The minimum absolute atomic E-state index is 0.189. The second kappa shape index (κ2) is 6.98. The van der Waals surface area contributed by atoms with Gasteiger partial charge in [0.2, 0.25) is 0 Å². The van der Waals surface area contributed by atoms with Crippen LogP contribution in [0.2, 0.25) is 5.02 Å². The van der Waals surface area contributed by atoms with Crippen molar-refractivity contribution in [2.75, 3.05) is 26.4 Å². The zero-order valence-corrected chi connectivity index (χ0v) is 11.9. The third-order valence-electron chi connectivity index (χ3n) is 3.00. The SMILES string of the molecule is CC(CO)CNCc1cc(Cl)c2c(c1)OCCCO2. The first-order valence-electron chi connectivity index (χ1n) is 6.60. The zero-order valence-electron chi connectivity index (χ0n) is 11.1. The van der Waals surface area contributed by atoms with Gasteiger partial charge in [0.15, 0.2) is 11.5 Å². The fraction of sp³-hybridized carbons (Fsp3) is 0.571. The van der Waals surface area contributed by atoms with Gasteiger partial charge < -0.3 is 19.9 Å². The second-order valence-corrected chi connectivity index (χ2v) is 5.28. The molecule has 5 heteroatoms. The Morgan fingerprint density at radius 1 is 1.37 bits per heavy atom. The third-order valence-corrected chi connectivity index (χ3v) is 3.28. The van der Waals surface area contributed by atoms with Gasteiger partial charge in [-0.1, -0.05) is 18.5 Å². The van der Waals surface area contributed by atoms with Crippen molar-refractivity contribution < 1.29 is 14.6 Å². The first-order valence-corrected chi connectivity index (χ1v) is 6.98. The molecule has 1 unspecified atom stereocenters. The maximum Gasteiger partial charge on any atom is 0.179 e. The van der Waals surface area contributed by atoms with Gasteiger partial charge in [-0.05, 0) is 23.6 Å². The number of rotatable bonds is 5. The lowest BCUT2D eigenvalue weighted by Gasteiger charge is -2.13. The molecule has 0 radical (unpaired) electrons. The van der Waals surface area contributed by atoms with Gasteiger partial charge in [0.1, 0.15) is 0 Å². The second-order valence-electron chi connectivity index (χ2n) is 4.87. The van der Waals surface area contributed by atoms with Crippen molar-refractivity contribution in [1.82, 2.24) is 5.32 Å². The standard InChI is InChI=1S/C14H20ClNO3/c1-10(9-17)7-16-8-11-5-12(15)14-13(6-11)18-3-2-4-19-14/h5-6,10,16-17H,2-4,7-9H2,1H3. The van der Waals surface area contributed by atoms with Crippen molar-refractivity contribution in [1.29, 1.82) is 0 Å². The van der Waals surface area contributed by atoms with Crippen LogP contribution in [-0.4, -0.2) is 31.5 Å². The molecule has 1 aliphatic rings. The van der Waals surface area contributed by atoms with Gasteiger partial charge in [-0.2, -0.15) is 0 Å². The molecule has 0 aliphatic carbocycles. The molecule has 0 saturated heterocycles. The van der Waals surface area contributed by atoms with Crippen molar-refractivity contribution in [3.63, 3.8) is 0 Å². The molecule has 1 atom stereocenters. The summed E-state index contributed by atoms with van der Waals surface area (Å²) in [6.45, 7) is 4.94. The predicted molar refractivity (Wildman–Crippen MR) is 75.0 cm³/mol. The summed E-state index contributed by atoms with van der Waals surface area (Å²) < 4.78 is 11.2. The number of benzene rings is 1. The van der Waals surface area contributed by atoms with E-state index in [-0.39, 0.29) is 12.5 Å². The molecular formula is C14H20ClNO3. The van der Waals surface area contributed by atoms with E-state index in [1.807, 2.05) is 19.1 Å². The Labute approximate surface area is 118 Å². The lowest BCUT2D eigenvalue weighted by atomic mass is 10.1. The van der Waals surface area contributed by atoms with Crippen LogP contribution in [-0.2, 0) is 6.54 Å². The van der Waals surface area contributed by atoms with E-state index in [1.165, 1.54) is 0 Å². The monoisotopic (exact) mass is 285 g/mol. The average molecular weight is 286 g/mol. The van der Waals surface area contributed by atoms with Crippen LogP contribution in [0, 0.1) is 5.92 Å². The van der Waals surface area contributed by atoms with Crippen molar-refractivity contribution in [3.05, 3.63) is 22.7 Å². The summed E-state index contributed by atoms with van der Waals surface area (Å²) in [4.78, 5) is 0. The van der Waals surface area contributed by atoms with Gasteiger partial charge >= 0.3 is 0 Å². The maximum atomic E-state index is 8.97. The third kappa shape index (κ3) is 4.00. The van der Waals surface area contributed by atoms with Crippen molar-refractivity contribution >= 4 is 11.6 Å². The molecule has 0 fully saturated rings. The largest absolute Gasteiger partial charge is 0.489 e. The Morgan fingerprint density at radius 3 is 2.95 bits per heavy atom. The van der Waals surface area contributed by atoms with E-state index >= 15 is 0 Å². The van der Waals surface area contributed by atoms with Crippen LogP contribution in [0.5, 0.6) is 11.5 Å². The van der Waals surface area contributed by atoms with Gasteiger partial charge in [-0.25, -0.2) is 0 Å². The molecule has 19 heavy (non-hydrogen) atoms. The summed E-state index contributed by atoms with van der Waals surface area (Å²) in [5, 5.41) is 12.8. The first kappa shape index (κ1) is 14.4. The number of aliphatic hydroxyl groups is 1. The van der Waals surface area contributed by atoms with Crippen molar-refractivity contribution in [3.8, 4) is 11.5 Å².